The SMILES string of the molecule is O=CC(Cl)N1CC(O)C1. The summed E-state index contributed by atoms with van der Waals surface area (Å²) in [4.78, 5) is 11.7. The summed E-state index contributed by atoms with van der Waals surface area (Å²) in [6, 6.07) is 0. The molecule has 1 aliphatic heterocycles. The number of β-amino-alcohol motifs (C(OH)–C–C–N with tert-alkyl or cyclic N) is 1. The topological polar surface area (TPSA) is 40.5 Å². The van der Waals surface area contributed by atoms with Crippen LogP contribution in [0.25, 0.3) is 0 Å². The van der Waals surface area contributed by atoms with Gasteiger partial charge in [-0.1, -0.05) is 11.6 Å². The zero-order valence-corrected chi connectivity index (χ0v) is 5.58. The fraction of sp³-hybridized carbons (Fsp3) is 0.800. The smallest absolute Gasteiger partial charge is 0.152 e. The van der Waals surface area contributed by atoms with Crippen molar-refractivity contribution in [3.05, 3.63) is 0 Å². The Morgan fingerprint density at radius 1 is 1.78 bits per heavy atom. The van der Waals surface area contributed by atoms with Crippen LogP contribution in [0.15, 0.2) is 0 Å². The van der Waals surface area contributed by atoms with Gasteiger partial charge in [-0.15, -0.1) is 0 Å². The average Bonchev–Trinajstić information content (AvgIpc) is 1.79. The van der Waals surface area contributed by atoms with E-state index >= 15 is 0 Å². The molecule has 0 radical (unpaired) electrons. The molecule has 1 atom stereocenters. The van der Waals surface area contributed by atoms with Gasteiger partial charge >= 0.3 is 0 Å². The fourth-order valence-electron chi connectivity index (χ4n) is 0.775. The zero-order chi connectivity index (χ0) is 6.85. The molecule has 4 heteroatoms. The molecular formula is C5H8ClNO2. The largest absolute Gasteiger partial charge is 0.390 e. The highest BCUT2D eigenvalue weighted by Gasteiger charge is 2.29. The second-order valence-corrected chi connectivity index (χ2v) is 2.56. The lowest BCUT2D eigenvalue weighted by Crippen LogP contribution is -2.54. The van der Waals surface area contributed by atoms with E-state index in [0.29, 0.717) is 19.4 Å². The van der Waals surface area contributed by atoms with Gasteiger partial charge in [-0.2, -0.15) is 0 Å². The third-order valence-corrected chi connectivity index (χ3v) is 1.73. The van der Waals surface area contributed by atoms with Crippen molar-refractivity contribution in [3.8, 4) is 0 Å². The van der Waals surface area contributed by atoms with Gasteiger partial charge in [0.25, 0.3) is 0 Å². The highest BCUT2D eigenvalue weighted by atomic mass is 35.5. The summed E-state index contributed by atoms with van der Waals surface area (Å²) < 4.78 is 0. The standard InChI is InChI=1S/C5H8ClNO2/c6-5(3-8)7-1-4(9)2-7/h3-5,9H,1-2H2. The summed E-state index contributed by atoms with van der Waals surface area (Å²) in [5.41, 5.74) is -0.548. The quantitative estimate of drug-likeness (QED) is 0.325. The fourth-order valence-corrected chi connectivity index (χ4v) is 0.935. The Morgan fingerprint density at radius 3 is 2.67 bits per heavy atom. The molecule has 0 aromatic heterocycles. The molecule has 0 aromatic rings. The molecule has 1 heterocycles. The molecule has 0 aliphatic carbocycles. The highest BCUT2D eigenvalue weighted by Crippen LogP contribution is 2.12. The third kappa shape index (κ3) is 1.41. The summed E-state index contributed by atoms with van der Waals surface area (Å²) in [7, 11) is 0. The average molecular weight is 150 g/mol. The van der Waals surface area contributed by atoms with Gasteiger partial charge in [-0.05, 0) is 0 Å². The number of aldehydes is 1. The summed E-state index contributed by atoms with van der Waals surface area (Å²) in [5, 5.41) is 8.75. The minimum absolute atomic E-state index is 0.286. The normalized spacial score (nSPS) is 25.1. The van der Waals surface area contributed by atoms with E-state index in [9.17, 15) is 4.79 Å². The van der Waals surface area contributed by atoms with Crippen LogP contribution in [0, 0.1) is 0 Å². The first kappa shape index (κ1) is 6.99. The van der Waals surface area contributed by atoms with Gasteiger partial charge in [-0.3, -0.25) is 4.90 Å². The number of aliphatic hydroxyl groups excluding tert-OH is 1. The molecule has 1 aliphatic rings. The first-order chi connectivity index (χ1) is 4.24. The molecule has 1 rings (SSSR count). The predicted octanol–water partition coefficient (Wildman–Crippen LogP) is -0.573. The van der Waals surface area contributed by atoms with Crippen LogP contribution in [0.4, 0.5) is 0 Å². The monoisotopic (exact) mass is 149 g/mol. The predicted molar refractivity (Wildman–Crippen MR) is 33.3 cm³/mol. The van der Waals surface area contributed by atoms with Gasteiger partial charge in [0, 0.05) is 13.1 Å². The minimum Gasteiger partial charge on any atom is -0.390 e. The lowest BCUT2D eigenvalue weighted by Gasteiger charge is -2.36. The van der Waals surface area contributed by atoms with Gasteiger partial charge in [0.15, 0.2) is 6.29 Å². The lowest BCUT2D eigenvalue weighted by molar-refractivity contribution is -0.113. The Bertz CT molecular complexity index is 114. The number of alkyl halides is 1. The summed E-state index contributed by atoms with van der Waals surface area (Å²) >= 11 is 5.48. The van der Waals surface area contributed by atoms with Crippen molar-refractivity contribution >= 4 is 17.9 Å². The van der Waals surface area contributed by atoms with Crippen LogP contribution in [0.2, 0.25) is 0 Å². The first-order valence-electron chi connectivity index (χ1n) is 2.75. The molecule has 0 saturated carbocycles. The number of carbonyl (C=O) groups is 1. The number of nitrogens with zero attached hydrogens (tertiary/aromatic N) is 1. The van der Waals surface area contributed by atoms with Gasteiger partial charge in [0.05, 0.1) is 6.10 Å². The zero-order valence-electron chi connectivity index (χ0n) is 4.83. The van der Waals surface area contributed by atoms with Crippen LogP contribution < -0.4 is 0 Å². The Labute approximate surface area is 58.2 Å². The molecule has 0 amide bonds. The molecule has 1 unspecified atom stereocenters. The van der Waals surface area contributed by atoms with E-state index in [1.807, 2.05) is 0 Å². The number of carbonyl (C=O) groups excluding carboxylic acids is 1. The number of hydrogen-bond donors (Lipinski definition) is 1. The molecule has 52 valence electrons. The van der Waals surface area contributed by atoms with Crippen LogP contribution in [-0.2, 0) is 4.79 Å². The van der Waals surface area contributed by atoms with Crippen molar-refractivity contribution in [1.82, 2.24) is 4.90 Å². The van der Waals surface area contributed by atoms with E-state index < -0.39 is 5.50 Å². The van der Waals surface area contributed by atoms with Crippen LogP contribution >= 0.6 is 11.6 Å². The molecule has 3 nitrogen and oxygen atoms in total. The summed E-state index contributed by atoms with van der Waals surface area (Å²) in [6.07, 6.45) is 0.374. The molecule has 9 heavy (non-hydrogen) atoms. The van der Waals surface area contributed by atoms with E-state index in [0.717, 1.165) is 0 Å². The maximum atomic E-state index is 9.99. The van der Waals surface area contributed by atoms with Crippen molar-refractivity contribution in [3.63, 3.8) is 0 Å². The Hall–Kier alpha value is -0.120. The third-order valence-electron chi connectivity index (χ3n) is 1.35. The van der Waals surface area contributed by atoms with Gasteiger partial charge in [0.2, 0.25) is 0 Å². The number of likely N-dealkylation sites (tertiary alicyclic amines) is 1. The van der Waals surface area contributed by atoms with Crippen molar-refractivity contribution in [2.75, 3.05) is 13.1 Å². The highest BCUT2D eigenvalue weighted by molar-refractivity contribution is 6.27. The first-order valence-corrected chi connectivity index (χ1v) is 3.19. The Balaban J connectivity index is 2.23. The van der Waals surface area contributed by atoms with Crippen molar-refractivity contribution in [2.45, 2.75) is 11.6 Å². The summed E-state index contributed by atoms with van der Waals surface area (Å²) in [5.74, 6) is 0. The number of aliphatic hydroxyl groups is 1. The molecule has 1 fully saturated rings. The lowest BCUT2D eigenvalue weighted by atomic mass is 10.2. The van der Waals surface area contributed by atoms with Gasteiger partial charge < -0.3 is 9.90 Å². The molecule has 0 bridgehead atoms. The van der Waals surface area contributed by atoms with Gasteiger partial charge in [-0.25, -0.2) is 0 Å². The second kappa shape index (κ2) is 2.64. The second-order valence-electron chi connectivity index (χ2n) is 2.12. The maximum absolute atomic E-state index is 9.99. The Kier molecular flexibility index (Phi) is 2.05. The van der Waals surface area contributed by atoms with Crippen LogP contribution in [0.1, 0.15) is 0 Å². The van der Waals surface area contributed by atoms with Crippen molar-refractivity contribution in [2.24, 2.45) is 0 Å². The molecule has 1 saturated heterocycles. The Morgan fingerprint density at radius 2 is 2.33 bits per heavy atom. The molecule has 1 N–H and O–H groups in total. The van der Waals surface area contributed by atoms with E-state index in [2.05, 4.69) is 0 Å². The minimum atomic E-state index is -0.548. The van der Waals surface area contributed by atoms with Crippen LogP contribution in [0.5, 0.6) is 0 Å². The molecule has 0 aromatic carbocycles. The van der Waals surface area contributed by atoms with E-state index in [-0.39, 0.29) is 6.10 Å². The van der Waals surface area contributed by atoms with Crippen molar-refractivity contribution in [1.29, 1.82) is 0 Å². The van der Waals surface area contributed by atoms with Crippen LogP contribution in [0.3, 0.4) is 0 Å². The van der Waals surface area contributed by atoms with Gasteiger partial charge in [0.1, 0.15) is 5.50 Å². The molecular weight excluding hydrogens is 142 g/mol. The van der Waals surface area contributed by atoms with Crippen LogP contribution in [-0.4, -0.2) is 41.0 Å². The molecule has 0 spiro atoms. The van der Waals surface area contributed by atoms with Crippen molar-refractivity contribution < 1.29 is 9.90 Å². The number of rotatable bonds is 2. The van der Waals surface area contributed by atoms with E-state index in [4.69, 9.17) is 16.7 Å². The number of hydrogen-bond acceptors (Lipinski definition) is 3. The maximum Gasteiger partial charge on any atom is 0.152 e. The van der Waals surface area contributed by atoms with E-state index in [1.54, 1.807) is 4.90 Å². The van der Waals surface area contributed by atoms with E-state index in [1.165, 1.54) is 0 Å². The summed E-state index contributed by atoms with van der Waals surface area (Å²) in [6.45, 7) is 1.04. The number of halogens is 1.